The van der Waals surface area contributed by atoms with Crippen LogP contribution in [0.1, 0.15) is 31.7 Å². The van der Waals surface area contributed by atoms with Crippen LogP contribution in [0, 0.1) is 0 Å². The Morgan fingerprint density at radius 2 is 1.83 bits per heavy atom. The van der Waals surface area contributed by atoms with Crippen molar-refractivity contribution in [1.82, 2.24) is 14.8 Å². The number of rotatable bonds is 4. The monoisotopic (exact) mass is 330 g/mol. The first-order valence-electron chi connectivity index (χ1n) is 9.23. The van der Waals surface area contributed by atoms with Crippen LogP contribution in [-0.2, 0) is 6.54 Å². The molecule has 0 radical (unpaired) electrons. The molecule has 0 amide bonds. The Bertz CT molecular complexity index is 527. The zero-order chi connectivity index (χ0) is 16.8. The van der Waals surface area contributed by atoms with Gasteiger partial charge in [0, 0.05) is 45.5 Å². The summed E-state index contributed by atoms with van der Waals surface area (Å²) in [6, 6.07) is 4.24. The number of nitrogens with zero attached hydrogens (tertiary/aromatic N) is 5. The lowest BCUT2D eigenvalue weighted by Gasteiger charge is -2.34. The number of pyridine rings is 1. The summed E-state index contributed by atoms with van der Waals surface area (Å²) in [6.45, 7) is 10.4. The van der Waals surface area contributed by atoms with Crippen LogP contribution in [-0.4, -0.2) is 66.6 Å². The highest BCUT2D eigenvalue weighted by molar-refractivity contribution is 5.78. The van der Waals surface area contributed by atoms with E-state index in [9.17, 15) is 0 Å². The van der Waals surface area contributed by atoms with Crippen molar-refractivity contribution >= 4 is 11.8 Å². The summed E-state index contributed by atoms with van der Waals surface area (Å²) in [5, 5.41) is 0. The lowest BCUT2D eigenvalue weighted by molar-refractivity contribution is 0.270. The van der Waals surface area contributed by atoms with E-state index < -0.39 is 0 Å². The van der Waals surface area contributed by atoms with Gasteiger partial charge in [-0.3, -0.25) is 0 Å². The third-order valence-corrected chi connectivity index (χ3v) is 5.06. The Kier molecular flexibility index (Phi) is 5.91. The molecule has 132 valence electrons. The molecular weight excluding hydrogens is 300 g/mol. The Hall–Kier alpha value is -1.82. The Balaban J connectivity index is 1.53. The van der Waals surface area contributed by atoms with Gasteiger partial charge in [0.25, 0.3) is 0 Å². The highest BCUT2D eigenvalue weighted by Gasteiger charge is 2.16. The minimum atomic E-state index is 0.610. The molecule has 1 aromatic heterocycles. The summed E-state index contributed by atoms with van der Waals surface area (Å²) in [6.07, 6.45) is 5.69. The number of nitrogens with two attached hydrogens (primary N) is 1. The molecule has 0 spiro atoms. The van der Waals surface area contributed by atoms with Crippen LogP contribution in [0.15, 0.2) is 23.3 Å². The smallest absolute Gasteiger partial charge is 0.191 e. The summed E-state index contributed by atoms with van der Waals surface area (Å²) in [4.78, 5) is 16.2. The minimum Gasteiger partial charge on any atom is -0.370 e. The van der Waals surface area contributed by atoms with Gasteiger partial charge in [-0.25, -0.2) is 9.98 Å². The van der Waals surface area contributed by atoms with Crippen LogP contribution in [0.3, 0.4) is 0 Å². The van der Waals surface area contributed by atoms with E-state index >= 15 is 0 Å². The standard InChI is InChI=1S/C18H30N6/c1-2-22-10-12-23(13-11-22)17-7-6-16(14-20-17)15-21-18(19)24-8-4-3-5-9-24/h6-7,14H,2-5,8-13,15H2,1H3,(H2,19,21). The number of aromatic nitrogens is 1. The number of piperidine rings is 1. The second-order valence-electron chi connectivity index (χ2n) is 6.67. The van der Waals surface area contributed by atoms with Gasteiger partial charge in [0.05, 0.1) is 6.54 Å². The predicted molar refractivity (Wildman–Crippen MR) is 99.3 cm³/mol. The van der Waals surface area contributed by atoms with Crippen molar-refractivity contribution in [2.45, 2.75) is 32.7 Å². The number of guanidine groups is 1. The number of hydrogen-bond acceptors (Lipinski definition) is 4. The highest BCUT2D eigenvalue weighted by Crippen LogP contribution is 2.15. The molecule has 3 rings (SSSR count). The third-order valence-electron chi connectivity index (χ3n) is 5.06. The Morgan fingerprint density at radius 1 is 1.08 bits per heavy atom. The normalized spacial score (nSPS) is 20.5. The second-order valence-corrected chi connectivity index (χ2v) is 6.67. The van der Waals surface area contributed by atoms with Gasteiger partial charge >= 0.3 is 0 Å². The Labute approximate surface area is 145 Å². The van der Waals surface area contributed by atoms with Crippen molar-refractivity contribution in [3.05, 3.63) is 23.9 Å². The molecule has 0 atom stereocenters. The van der Waals surface area contributed by atoms with Crippen molar-refractivity contribution in [3.8, 4) is 0 Å². The molecule has 6 nitrogen and oxygen atoms in total. The van der Waals surface area contributed by atoms with E-state index in [4.69, 9.17) is 5.73 Å². The molecule has 0 aromatic carbocycles. The zero-order valence-electron chi connectivity index (χ0n) is 14.8. The van der Waals surface area contributed by atoms with E-state index in [0.717, 1.165) is 57.2 Å². The van der Waals surface area contributed by atoms with Crippen LogP contribution >= 0.6 is 0 Å². The number of likely N-dealkylation sites (tertiary alicyclic amines) is 1. The molecular formula is C18H30N6. The summed E-state index contributed by atoms with van der Waals surface area (Å²) in [7, 11) is 0. The maximum atomic E-state index is 6.11. The first kappa shape index (κ1) is 17.0. The van der Waals surface area contributed by atoms with E-state index in [-0.39, 0.29) is 0 Å². The number of likely N-dealkylation sites (N-methyl/N-ethyl adjacent to an activating group) is 1. The van der Waals surface area contributed by atoms with Crippen molar-refractivity contribution in [3.63, 3.8) is 0 Å². The van der Waals surface area contributed by atoms with Crippen molar-refractivity contribution < 1.29 is 0 Å². The summed E-state index contributed by atoms with van der Waals surface area (Å²) < 4.78 is 0. The van der Waals surface area contributed by atoms with Gasteiger partial charge in [0.2, 0.25) is 0 Å². The number of aliphatic imine (C=N–C) groups is 1. The second kappa shape index (κ2) is 8.33. The fourth-order valence-electron chi connectivity index (χ4n) is 3.39. The average Bonchev–Trinajstić information content (AvgIpc) is 2.67. The van der Waals surface area contributed by atoms with Crippen LogP contribution in [0.2, 0.25) is 0 Å². The number of hydrogen-bond donors (Lipinski definition) is 1. The molecule has 2 aliphatic heterocycles. The summed E-state index contributed by atoms with van der Waals surface area (Å²) in [5.74, 6) is 1.75. The fourth-order valence-corrected chi connectivity index (χ4v) is 3.39. The molecule has 2 fully saturated rings. The average molecular weight is 330 g/mol. The predicted octanol–water partition coefficient (Wildman–Crippen LogP) is 1.52. The van der Waals surface area contributed by atoms with E-state index in [1.807, 2.05) is 6.20 Å². The van der Waals surface area contributed by atoms with Gasteiger partial charge in [0.15, 0.2) is 5.96 Å². The molecule has 1 aromatic rings. The van der Waals surface area contributed by atoms with Crippen molar-refractivity contribution in [2.24, 2.45) is 10.7 Å². The molecule has 0 bridgehead atoms. The van der Waals surface area contributed by atoms with Gasteiger partial charge in [0.1, 0.15) is 5.82 Å². The molecule has 0 aliphatic carbocycles. The van der Waals surface area contributed by atoms with E-state index in [0.29, 0.717) is 12.5 Å². The molecule has 24 heavy (non-hydrogen) atoms. The Morgan fingerprint density at radius 3 is 2.46 bits per heavy atom. The molecule has 0 unspecified atom stereocenters. The van der Waals surface area contributed by atoms with E-state index in [1.165, 1.54) is 19.3 Å². The van der Waals surface area contributed by atoms with Gasteiger partial charge in [-0.1, -0.05) is 13.0 Å². The molecule has 6 heteroatoms. The fraction of sp³-hybridized carbons (Fsp3) is 0.667. The van der Waals surface area contributed by atoms with Crippen LogP contribution < -0.4 is 10.6 Å². The minimum absolute atomic E-state index is 0.610. The van der Waals surface area contributed by atoms with Gasteiger partial charge < -0.3 is 20.4 Å². The SMILES string of the molecule is CCN1CCN(c2ccc(CN=C(N)N3CCCCC3)cn2)CC1. The van der Waals surface area contributed by atoms with Gasteiger partial charge in [-0.15, -0.1) is 0 Å². The largest absolute Gasteiger partial charge is 0.370 e. The maximum Gasteiger partial charge on any atom is 0.191 e. The molecule has 3 heterocycles. The lowest BCUT2D eigenvalue weighted by Crippen LogP contribution is -2.46. The molecule has 2 N–H and O–H groups in total. The van der Waals surface area contributed by atoms with Crippen LogP contribution in [0.5, 0.6) is 0 Å². The highest BCUT2D eigenvalue weighted by atomic mass is 15.3. The topological polar surface area (TPSA) is 61.0 Å². The molecule has 2 aliphatic rings. The van der Waals surface area contributed by atoms with E-state index in [1.54, 1.807) is 0 Å². The van der Waals surface area contributed by atoms with Gasteiger partial charge in [-0.2, -0.15) is 0 Å². The maximum absolute atomic E-state index is 6.11. The number of piperazine rings is 1. The summed E-state index contributed by atoms with van der Waals surface area (Å²) >= 11 is 0. The van der Waals surface area contributed by atoms with Crippen LogP contribution in [0.25, 0.3) is 0 Å². The van der Waals surface area contributed by atoms with Crippen molar-refractivity contribution in [1.29, 1.82) is 0 Å². The quantitative estimate of drug-likeness (QED) is 0.670. The van der Waals surface area contributed by atoms with Crippen molar-refractivity contribution in [2.75, 3.05) is 50.7 Å². The first-order valence-corrected chi connectivity index (χ1v) is 9.23. The molecule has 0 saturated carbocycles. The summed E-state index contributed by atoms with van der Waals surface area (Å²) in [5.41, 5.74) is 7.23. The third kappa shape index (κ3) is 4.38. The van der Waals surface area contributed by atoms with E-state index in [2.05, 4.69) is 43.7 Å². The lowest BCUT2D eigenvalue weighted by atomic mass is 10.1. The first-order chi connectivity index (χ1) is 11.8. The molecule has 2 saturated heterocycles. The van der Waals surface area contributed by atoms with Crippen LogP contribution in [0.4, 0.5) is 5.82 Å². The zero-order valence-corrected chi connectivity index (χ0v) is 14.8. The number of anilines is 1. The van der Waals surface area contributed by atoms with Gasteiger partial charge in [-0.05, 0) is 37.4 Å².